The fourth-order valence-corrected chi connectivity index (χ4v) is 2.24. The molecule has 86 valence electrons. The molecule has 1 atom stereocenters. The van der Waals surface area contributed by atoms with Crippen LogP contribution in [0.25, 0.3) is 0 Å². The van der Waals surface area contributed by atoms with E-state index in [4.69, 9.17) is 0 Å². The van der Waals surface area contributed by atoms with Gasteiger partial charge in [-0.25, -0.2) is 9.97 Å². The first-order chi connectivity index (χ1) is 7.81. The van der Waals surface area contributed by atoms with Crippen LogP contribution >= 0.6 is 11.3 Å². The maximum Gasteiger partial charge on any atom is 0.111 e. The Balaban J connectivity index is 2.06. The topological polar surface area (TPSA) is 50.9 Å². The first-order valence-electron chi connectivity index (χ1n) is 5.37. The molecule has 0 aromatic carbocycles. The smallest absolute Gasteiger partial charge is 0.111 e. The monoisotopic (exact) mass is 237 g/mol. The number of nitrogens with zero attached hydrogens (tertiary/aromatic N) is 3. The van der Waals surface area contributed by atoms with Crippen molar-refractivity contribution in [1.29, 1.82) is 0 Å². The summed E-state index contributed by atoms with van der Waals surface area (Å²) in [5, 5.41) is 11.8. The Bertz CT molecular complexity index is 424. The summed E-state index contributed by atoms with van der Waals surface area (Å²) < 4.78 is 2.08. The zero-order chi connectivity index (χ0) is 11.4. The lowest BCUT2D eigenvalue weighted by molar-refractivity contribution is 0.170. The van der Waals surface area contributed by atoms with E-state index in [9.17, 15) is 5.11 Å². The fourth-order valence-electron chi connectivity index (χ4n) is 1.64. The van der Waals surface area contributed by atoms with Gasteiger partial charge in [-0.2, -0.15) is 0 Å². The molecule has 4 nitrogen and oxygen atoms in total. The molecule has 2 rings (SSSR count). The van der Waals surface area contributed by atoms with Crippen molar-refractivity contribution in [1.82, 2.24) is 14.5 Å². The molecule has 2 aromatic rings. The van der Waals surface area contributed by atoms with Crippen molar-refractivity contribution in [3.05, 3.63) is 34.8 Å². The van der Waals surface area contributed by atoms with Crippen molar-refractivity contribution in [2.75, 3.05) is 0 Å². The third kappa shape index (κ3) is 2.48. The third-order valence-electron chi connectivity index (χ3n) is 2.43. The lowest BCUT2D eigenvalue weighted by Gasteiger charge is -2.09. The van der Waals surface area contributed by atoms with Gasteiger partial charge >= 0.3 is 0 Å². The number of rotatable bonds is 5. The number of aliphatic hydroxyl groups is 1. The molecule has 0 aliphatic rings. The molecular weight excluding hydrogens is 222 g/mol. The van der Waals surface area contributed by atoms with Crippen LogP contribution in [0.4, 0.5) is 0 Å². The average Bonchev–Trinajstić information content (AvgIpc) is 2.90. The molecule has 0 saturated heterocycles. The van der Waals surface area contributed by atoms with Gasteiger partial charge in [-0.05, 0) is 6.42 Å². The van der Waals surface area contributed by atoms with Crippen LogP contribution in [-0.2, 0) is 13.0 Å². The highest BCUT2D eigenvalue weighted by atomic mass is 32.1. The highest BCUT2D eigenvalue weighted by Crippen LogP contribution is 2.17. The summed E-state index contributed by atoms with van der Waals surface area (Å²) in [6.45, 7) is 3.07. The number of hydrogen-bond acceptors (Lipinski definition) is 4. The Kier molecular flexibility index (Phi) is 3.69. The second-order valence-corrected chi connectivity index (χ2v) is 4.39. The minimum Gasteiger partial charge on any atom is -0.386 e. The van der Waals surface area contributed by atoms with Crippen molar-refractivity contribution < 1.29 is 5.11 Å². The number of aliphatic hydroxyl groups excluding tert-OH is 1. The van der Waals surface area contributed by atoms with E-state index in [1.807, 2.05) is 11.6 Å². The highest BCUT2D eigenvalue weighted by Gasteiger charge is 2.13. The summed E-state index contributed by atoms with van der Waals surface area (Å²) in [7, 11) is 0. The highest BCUT2D eigenvalue weighted by molar-refractivity contribution is 7.07. The normalized spacial score (nSPS) is 12.9. The third-order valence-corrected chi connectivity index (χ3v) is 3.04. The van der Waals surface area contributed by atoms with Gasteiger partial charge in [0.2, 0.25) is 0 Å². The molecule has 1 N–H and O–H groups in total. The molecule has 0 aliphatic heterocycles. The van der Waals surface area contributed by atoms with Gasteiger partial charge in [-0.1, -0.05) is 6.92 Å². The van der Waals surface area contributed by atoms with Crippen LogP contribution < -0.4 is 0 Å². The van der Waals surface area contributed by atoms with Gasteiger partial charge in [0, 0.05) is 30.7 Å². The number of hydrogen-bond donors (Lipinski definition) is 1. The van der Waals surface area contributed by atoms with Crippen molar-refractivity contribution in [2.24, 2.45) is 0 Å². The van der Waals surface area contributed by atoms with Gasteiger partial charge in [-0.15, -0.1) is 11.3 Å². The summed E-state index contributed by atoms with van der Waals surface area (Å²) in [4.78, 5) is 8.37. The van der Waals surface area contributed by atoms with Gasteiger partial charge in [0.05, 0.1) is 11.2 Å². The predicted octanol–water partition coefficient (Wildman–Crippen LogP) is 2.03. The van der Waals surface area contributed by atoms with E-state index in [1.165, 1.54) is 11.3 Å². The zero-order valence-electron chi connectivity index (χ0n) is 9.21. The maximum absolute atomic E-state index is 9.96. The van der Waals surface area contributed by atoms with E-state index in [1.54, 1.807) is 11.7 Å². The Morgan fingerprint density at radius 2 is 2.38 bits per heavy atom. The minimum absolute atomic E-state index is 0.525. The number of thiazole rings is 1. The Morgan fingerprint density at radius 3 is 3.06 bits per heavy atom. The van der Waals surface area contributed by atoms with Crippen LogP contribution in [0.1, 0.15) is 31.0 Å². The van der Waals surface area contributed by atoms with Crippen molar-refractivity contribution in [3.63, 3.8) is 0 Å². The summed E-state index contributed by atoms with van der Waals surface area (Å²) in [5.74, 6) is 0.919. The standard InChI is InChI=1S/C11H15N3OS/c1-2-4-14-5-3-12-11(14)6-10(15)9-7-16-8-13-9/h3,5,7-8,10,15H,2,4,6H2,1H3. The van der Waals surface area contributed by atoms with E-state index in [0.717, 1.165) is 24.5 Å². The Labute approximate surface area is 98.6 Å². The molecule has 0 aliphatic carbocycles. The van der Waals surface area contributed by atoms with Gasteiger partial charge in [0.15, 0.2) is 0 Å². The summed E-state index contributed by atoms with van der Waals surface area (Å²) in [6, 6.07) is 0. The van der Waals surface area contributed by atoms with Crippen LogP contribution in [0.5, 0.6) is 0 Å². The molecule has 5 heteroatoms. The van der Waals surface area contributed by atoms with E-state index >= 15 is 0 Å². The fraction of sp³-hybridized carbons (Fsp3) is 0.455. The summed E-state index contributed by atoms with van der Waals surface area (Å²) in [5.41, 5.74) is 2.47. The number of aryl methyl sites for hydroxylation is 1. The predicted molar refractivity (Wildman–Crippen MR) is 63.3 cm³/mol. The van der Waals surface area contributed by atoms with Gasteiger partial charge in [0.1, 0.15) is 11.9 Å². The zero-order valence-corrected chi connectivity index (χ0v) is 10.0. The number of aromatic nitrogens is 3. The van der Waals surface area contributed by atoms with Crippen LogP contribution in [0.15, 0.2) is 23.3 Å². The molecule has 0 saturated carbocycles. The summed E-state index contributed by atoms with van der Waals surface area (Å²) in [6.07, 6.45) is 4.77. The van der Waals surface area contributed by atoms with E-state index in [2.05, 4.69) is 21.5 Å². The quantitative estimate of drug-likeness (QED) is 0.865. The molecular formula is C11H15N3OS. The van der Waals surface area contributed by atoms with Crippen LogP contribution in [0.3, 0.4) is 0 Å². The van der Waals surface area contributed by atoms with Gasteiger partial charge < -0.3 is 9.67 Å². The molecule has 0 bridgehead atoms. The van der Waals surface area contributed by atoms with Crippen molar-refractivity contribution >= 4 is 11.3 Å². The molecule has 1 unspecified atom stereocenters. The van der Waals surface area contributed by atoms with Gasteiger partial charge in [0.25, 0.3) is 0 Å². The average molecular weight is 237 g/mol. The summed E-state index contributed by atoms with van der Waals surface area (Å²) >= 11 is 1.50. The van der Waals surface area contributed by atoms with E-state index < -0.39 is 6.10 Å². The van der Waals surface area contributed by atoms with E-state index in [0.29, 0.717) is 6.42 Å². The van der Waals surface area contributed by atoms with Crippen LogP contribution in [0, 0.1) is 0 Å². The van der Waals surface area contributed by atoms with Gasteiger partial charge in [-0.3, -0.25) is 0 Å². The van der Waals surface area contributed by atoms with Crippen molar-refractivity contribution in [3.8, 4) is 0 Å². The number of imidazole rings is 1. The second-order valence-electron chi connectivity index (χ2n) is 3.67. The second kappa shape index (κ2) is 5.23. The minimum atomic E-state index is -0.552. The molecule has 2 aromatic heterocycles. The van der Waals surface area contributed by atoms with Crippen LogP contribution in [0.2, 0.25) is 0 Å². The molecule has 0 amide bonds. The Morgan fingerprint density at radius 1 is 1.50 bits per heavy atom. The molecule has 0 spiro atoms. The SMILES string of the molecule is CCCn1ccnc1CC(O)c1cscn1. The molecule has 0 fully saturated rings. The maximum atomic E-state index is 9.96. The molecule has 0 radical (unpaired) electrons. The Hall–Kier alpha value is -1.20. The van der Waals surface area contributed by atoms with Crippen LogP contribution in [-0.4, -0.2) is 19.6 Å². The first-order valence-corrected chi connectivity index (χ1v) is 6.31. The van der Waals surface area contributed by atoms with E-state index in [-0.39, 0.29) is 0 Å². The largest absolute Gasteiger partial charge is 0.386 e. The molecule has 2 heterocycles. The first kappa shape index (κ1) is 11.3. The molecule has 16 heavy (non-hydrogen) atoms. The lowest BCUT2D eigenvalue weighted by atomic mass is 10.2. The lowest BCUT2D eigenvalue weighted by Crippen LogP contribution is -2.09. The van der Waals surface area contributed by atoms with Crippen molar-refractivity contribution in [2.45, 2.75) is 32.4 Å².